The monoisotopic (exact) mass is 672 g/mol. The van der Waals surface area contributed by atoms with E-state index in [1.54, 1.807) is 3.81 Å². The van der Waals surface area contributed by atoms with E-state index in [1.807, 2.05) is 0 Å². The van der Waals surface area contributed by atoms with E-state index in [1.165, 1.54) is 77.2 Å². The molecule has 6 aromatic carbocycles. The van der Waals surface area contributed by atoms with Gasteiger partial charge in [0.15, 0.2) is 0 Å². The van der Waals surface area contributed by atoms with E-state index in [9.17, 15) is 0 Å². The molecule has 3 heteroatoms. The maximum Gasteiger partial charge on any atom is -0.147 e. The molecule has 2 aliphatic carbocycles. The van der Waals surface area contributed by atoms with Crippen molar-refractivity contribution in [1.82, 2.24) is 0 Å². The Kier molecular flexibility index (Phi) is 9.12. The molecule has 228 valence electrons. The molecular weight excluding hydrogens is 635 g/mol. The Morgan fingerprint density at radius 3 is 1.26 bits per heavy atom. The Morgan fingerprint density at radius 1 is 0.457 bits per heavy atom. The van der Waals surface area contributed by atoms with E-state index in [0.29, 0.717) is 8.45 Å². The van der Waals surface area contributed by atoms with Crippen LogP contribution in [0.4, 0.5) is 0 Å². The Morgan fingerprint density at radius 2 is 0.826 bits per heavy atom. The van der Waals surface area contributed by atoms with E-state index in [4.69, 9.17) is 0 Å². The fraction of sp³-hybridized carbons (Fsp3) is 0.140. The van der Waals surface area contributed by atoms with Crippen molar-refractivity contribution >= 4 is 62.3 Å². The smallest absolute Gasteiger partial charge is 0.147 e. The van der Waals surface area contributed by atoms with Crippen LogP contribution in [0.15, 0.2) is 132 Å². The molecule has 2 aliphatic rings. The number of halogens is 2. The van der Waals surface area contributed by atoms with Gasteiger partial charge in [-0.2, -0.15) is 0 Å². The molecule has 0 N–H and O–H groups in total. The van der Waals surface area contributed by atoms with Crippen LogP contribution >= 0.6 is 24.8 Å². The van der Waals surface area contributed by atoms with Gasteiger partial charge in [0, 0.05) is 0 Å². The molecule has 0 heterocycles. The van der Waals surface area contributed by atoms with Crippen molar-refractivity contribution < 1.29 is 17.4 Å². The van der Waals surface area contributed by atoms with E-state index in [-0.39, 0.29) is 24.8 Å². The number of benzene rings is 6. The third-order valence-electron chi connectivity index (χ3n) is 9.92. The van der Waals surface area contributed by atoms with Crippen molar-refractivity contribution in [3.8, 4) is 22.3 Å². The maximum atomic E-state index is 2.52. The summed E-state index contributed by atoms with van der Waals surface area (Å²) in [5.74, 6) is 0. The topological polar surface area (TPSA) is 0 Å². The Bertz CT molecular complexity index is 2070. The van der Waals surface area contributed by atoms with Gasteiger partial charge in [-0.05, 0) is 0 Å². The predicted octanol–water partition coefficient (Wildman–Crippen LogP) is 12.6. The van der Waals surface area contributed by atoms with Crippen LogP contribution in [0.3, 0.4) is 0 Å². The van der Waals surface area contributed by atoms with Crippen LogP contribution in [0.25, 0.3) is 56.0 Å². The summed E-state index contributed by atoms with van der Waals surface area (Å²) in [7, 11) is 0. The van der Waals surface area contributed by atoms with Gasteiger partial charge in [0.2, 0.25) is 0 Å². The Balaban J connectivity index is 0.00000186. The van der Waals surface area contributed by atoms with Gasteiger partial charge in [0.1, 0.15) is 0 Å². The quantitative estimate of drug-likeness (QED) is 0.163. The largest absolute Gasteiger partial charge is 0.147 e. The molecule has 0 radical (unpaired) electrons. The van der Waals surface area contributed by atoms with E-state index < -0.39 is 17.4 Å². The first-order valence-electron chi connectivity index (χ1n) is 15.8. The average Bonchev–Trinajstić information content (AvgIpc) is 3.56. The SMILES string of the molecule is CC1=Cc2c(-c3cccc4ccccc34)cccc2[CH]1[Ti](=[C](C)C)[CH]1C(C)=Cc2c(-c3cccc4ccccc34)cccc21.Cl.Cl. The molecule has 0 aliphatic heterocycles. The fourth-order valence-corrected chi connectivity index (χ4v) is 14.0. The van der Waals surface area contributed by atoms with Gasteiger partial charge in [0.25, 0.3) is 0 Å². The second-order valence-corrected chi connectivity index (χ2v) is 17.6. The van der Waals surface area contributed by atoms with Crippen molar-refractivity contribution in [1.29, 1.82) is 0 Å². The van der Waals surface area contributed by atoms with Gasteiger partial charge >= 0.3 is 268 Å². The Hall–Kier alpha value is -3.52. The normalized spacial score (nSPS) is 16.2. The molecule has 2 unspecified atom stereocenters. The van der Waals surface area contributed by atoms with Crippen LogP contribution in [0.2, 0.25) is 0 Å². The van der Waals surface area contributed by atoms with Crippen LogP contribution < -0.4 is 0 Å². The molecule has 46 heavy (non-hydrogen) atoms. The molecule has 0 spiro atoms. The number of rotatable bonds is 4. The number of allylic oxidation sites excluding steroid dienone is 2. The Labute approximate surface area is 291 Å². The third-order valence-corrected chi connectivity index (χ3v) is 16.1. The summed E-state index contributed by atoms with van der Waals surface area (Å²) in [6.07, 6.45) is 5.04. The zero-order valence-electron chi connectivity index (χ0n) is 26.7. The first-order chi connectivity index (χ1) is 21.5. The van der Waals surface area contributed by atoms with Gasteiger partial charge in [-0.3, -0.25) is 0 Å². The zero-order chi connectivity index (χ0) is 29.9. The number of hydrogen-bond donors (Lipinski definition) is 0. The number of hydrogen-bond acceptors (Lipinski definition) is 0. The first kappa shape index (κ1) is 32.4. The summed E-state index contributed by atoms with van der Waals surface area (Å²) in [5.41, 5.74) is 14.4. The van der Waals surface area contributed by atoms with Crippen LogP contribution in [0.1, 0.15) is 58.4 Å². The molecule has 0 amide bonds. The van der Waals surface area contributed by atoms with Crippen LogP contribution in [-0.2, 0) is 17.4 Å². The molecule has 0 fully saturated rings. The molecule has 0 saturated heterocycles. The summed E-state index contributed by atoms with van der Waals surface area (Å²) >= 11 is -1.93. The van der Waals surface area contributed by atoms with E-state index in [0.717, 1.165) is 0 Å². The van der Waals surface area contributed by atoms with Crippen molar-refractivity contribution in [2.75, 3.05) is 0 Å². The summed E-state index contributed by atoms with van der Waals surface area (Å²) in [6, 6.07) is 45.2. The minimum absolute atomic E-state index is 0. The molecule has 0 saturated carbocycles. The van der Waals surface area contributed by atoms with Crippen molar-refractivity contribution in [2.24, 2.45) is 0 Å². The first-order valence-corrected chi connectivity index (χ1v) is 18.4. The van der Waals surface area contributed by atoms with Gasteiger partial charge in [-0.15, -0.1) is 24.8 Å². The van der Waals surface area contributed by atoms with Gasteiger partial charge in [-0.1, -0.05) is 0 Å². The second-order valence-electron chi connectivity index (χ2n) is 12.8. The standard InChI is InChI=1S/2C20H15.C3H6.2ClH.Ti/c2*1-14-12-16-8-5-11-19(20(16)13-14)18-10-4-7-15-6-2-3-9-17(15)18;1-3-2;;;/h2*2-13H,1H3;1-2H3;2*1H;. The van der Waals surface area contributed by atoms with Crippen molar-refractivity contribution in [3.05, 3.63) is 155 Å². The van der Waals surface area contributed by atoms with E-state index >= 15 is 0 Å². The molecule has 0 bridgehead atoms. The van der Waals surface area contributed by atoms with Crippen LogP contribution in [0, 0.1) is 0 Å². The van der Waals surface area contributed by atoms with Crippen LogP contribution in [0.5, 0.6) is 0 Å². The molecule has 2 atom stereocenters. The van der Waals surface area contributed by atoms with Crippen molar-refractivity contribution in [2.45, 2.75) is 36.1 Å². The van der Waals surface area contributed by atoms with E-state index in [2.05, 4.69) is 161 Å². The molecule has 0 aromatic heterocycles. The van der Waals surface area contributed by atoms with Gasteiger partial charge in [0.05, 0.1) is 0 Å². The second kappa shape index (κ2) is 12.9. The predicted molar refractivity (Wildman–Crippen MR) is 202 cm³/mol. The third kappa shape index (κ3) is 5.17. The van der Waals surface area contributed by atoms with Gasteiger partial charge in [-0.25, -0.2) is 0 Å². The minimum atomic E-state index is -1.93. The summed E-state index contributed by atoms with van der Waals surface area (Å²) < 4.78 is 2.67. The fourth-order valence-electron chi connectivity index (χ4n) is 8.06. The molecule has 0 nitrogen and oxygen atoms in total. The molecule has 6 aromatic rings. The zero-order valence-corrected chi connectivity index (χ0v) is 29.9. The summed E-state index contributed by atoms with van der Waals surface area (Å²) in [4.78, 5) is 0. The number of fused-ring (bicyclic) bond motifs is 4. The minimum Gasteiger partial charge on any atom is -0.147 e. The molecular formula is C43H38Cl2Ti. The summed E-state index contributed by atoms with van der Waals surface area (Å²) in [5, 5.41) is 5.26. The maximum absolute atomic E-state index is 2.52. The van der Waals surface area contributed by atoms with Crippen LogP contribution in [-0.4, -0.2) is 3.81 Å². The summed E-state index contributed by atoms with van der Waals surface area (Å²) in [6.45, 7) is 9.65. The van der Waals surface area contributed by atoms with Crippen molar-refractivity contribution in [3.63, 3.8) is 0 Å². The molecule has 8 rings (SSSR count). The van der Waals surface area contributed by atoms with Gasteiger partial charge < -0.3 is 0 Å². The average molecular weight is 674 g/mol.